The lowest BCUT2D eigenvalue weighted by molar-refractivity contribution is 0.397. The van der Waals surface area contributed by atoms with Gasteiger partial charge in [0.1, 0.15) is 5.02 Å². The van der Waals surface area contributed by atoms with Gasteiger partial charge in [-0.1, -0.05) is 29.8 Å². The molecule has 1 aromatic carbocycles. The van der Waals surface area contributed by atoms with Crippen LogP contribution in [-0.4, -0.2) is 21.9 Å². The summed E-state index contributed by atoms with van der Waals surface area (Å²) >= 11 is 6.20. The monoisotopic (exact) mass is 342 g/mol. The van der Waals surface area contributed by atoms with Gasteiger partial charge in [-0.2, -0.15) is 9.78 Å². The molecule has 0 saturated heterocycles. The van der Waals surface area contributed by atoms with Gasteiger partial charge in [-0.25, -0.2) is 4.98 Å². The summed E-state index contributed by atoms with van der Waals surface area (Å²) in [6.07, 6.45) is 3.19. The Balaban J connectivity index is 1.82. The Morgan fingerprint density at radius 3 is 2.79 bits per heavy atom. The third-order valence-electron chi connectivity index (χ3n) is 3.41. The van der Waals surface area contributed by atoms with Gasteiger partial charge in [0, 0.05) is 18.8 Å². The summed E-state index contributed by atoms with van der Waals surface area (Å²) in [5.41, 5.74) is 1.71. The molecule has 0 saturated carbocycles. The molecule has 0 spiro atoms. The Morgan fingerprint density at radius 1 is 1.25 bits per heavy atom. The van der Waals surface area contributed by atoms with Crippen LogP contribution >= 0.6 is 11.6 Å². The van der Waals surface area contributed by atoms with E-state index < -0.39 is 0 Å². The lowest BCUT2D eigenvalue weighted by Crippen LogP contribution is -2.22. The minimum atomic E-state index is -0.375. The molecule has 2 heterocycles. The molecule has 0 radical (unpaired) electrons. The fourth-order valence-electron chi connectivity index (χ4n) is 2.18. The summed E-state index contributed by atoms with van der Waals surface area (Å²) in [7, 11) is 1.56. The van der Waals surface area contributed by atoms with Gasteiger partial charge in [0.2, 0.25) is 5.88 Å². The molecule has 0 aliphatic heterocycles. The first-order chi connectivity index (χ1) is 11.7. The first-order valence-corrected chi connectivity index (χ1v) is 7.63. The second-order valence-corrected chi connectivity index (χ2v) is 5.36. The maximum atomic E-state index is 12.4. The van der Waals surface area contributed by atoms with Crippen LogP contribution < -0.4 is 15.6 Å². The van der Waals surface area contributed by atoms with Crippen molar-refractivity contribution in [3.05, 3.63) is 75.8 Å². The molecule has 1 N–H and O–H groups in total. The molecule has 0 atom stereocenters. The number of para-hydroxylation sites is 1. The van der Waals surface area contributed by atoms with Gasteiger partial charge in [0.15, 0.2) is 0 Å². The van der Waals surface area contributed by atoms with Gasteiger partial charge in [-0.3, -0.25) is 4.79 Å². The number of aromatic nitrogens is 3. The van der Waals surface area contributed by atoms with Crippen molar-refractivity contribution in [2.24, 2.45) is 0 Å². The van der Waals surface area contributed by atoms with Crippen molar-refractivity contribution >= 4 is 17.3 Å². The van der Waals surface area contributed by atoms with Crippen molar-refractivity contribution in [1.29, 1.82) is 0 Å². The molecule has 0 amide bonds. The molecule has 0 bridgehead atoms. The molecule has 3 rings (SSSR count). The summed E-state index contributed by atoms with van der Waals surface area (Å²) in [6, 6.07) is 12.8. The van der Waals surface area contributed by atoms with Crippen LogP contribution in [0.1, 0.15) is 5.56 Å². The van der Waals surface area contributed by atoms with E-state index in [2.05, 4.69) is 15.4 Å². The minimum absolute atomic E-state index is 0.0925. The summed E-state index contributed by atoms with van der Waals surface area (Å²) in [4.78, 5) is 16.4. The van der Waals surface area contributed by atoms with Crippen molar-refractivity contribution in [1.82, 2.24) is 14.8 Å². The normalized spacial score (nSPS) is 10.4. The van der Waals surface area contributed by atoms with Crippen molar-refractivity contribution < 1.29 is 4.74 Å². The maximum absolute atomic E-state index is 12.4. The number of nitrogens with one attached hydrogen (secondary N) is 1. The molecule has 7 heteroatoms. The first-order valence-electron chi connectivity index (χ1n) is 7.25. The zero-order chi connectivity index (χ0) is 16.9. The minimum Gasteiger partial charge on any atom is -0.481 e. The van der Waals surface area contributed by atoms with E-state index in [1.807, 2.05) is 24.3 Å². The highest BCUT2D eigenvalue weighted by molar-refractivity contribution is 6.32. The van der Waals surface area contributed by atoms with E-state index in [1.165, 1.54) is 10.9 Å². The number of rotatable bonds is 5. The van der Waals surface area contributed by atoms with Crippen LogP contribution in [0.3, 0.4) is 0 Å². The smallest absolute Gasteiger partial charge is 0.292 e. The molecule has 122 valence electrons. The average molecular weight is 343 g/mol. The molecule has 0 aliphatic carbocycles. The molecule has 0 unspecified atom stereocenters. The van der Waals surface area contributed by atoms with Crippen LogP contribution in [0.2, 0.25) is 5.02 Å². The lowest BCUT2D eigenvalue weighted by Gasteiger charge is -2.10. The second kappa shape index (κ2) is 7.14. The van der Waals surface area contributed by atoms with Crippen LogP contribution in [0.25, 0.3) is 5.69 Å². The number of halogens is 1. The van der Waals surface area contributed by atoms with Crippen molar-refractivity contribution in [2.45, 2.75) is 6.54 Å². The standard InChI is InChI=1S/C17H15ClN4O2/c1-24-15-9-12(7-8-19-15)10-20-14-11-21-22(17(23)16(14)18)13-5-3-2-4-6-13/h2-9,11,20H,10H2,1H3. The van der Waals surface area contributed by atoms with Gasteiger partial charge in [0.25, 0.3) is 5.56 Å². The lowest BCUT2D eigenvalue weighted by atomic mass is 10.2. The molecule has 3 aromatic rings. The Kier molecular flexibility index (Phi) is 4.77. The van der Waals surface area contributed by atoms with Crippen LogP contribution in [0.4, 0.5) is 5.69 Å². The number of hydrogen-bond donors (Lipinski definition) is 1. The highest BCUT2D eigenvalue weighted by Gasteiger charge is 2.10. The van der Waals surface area contributed by atoms with Gasteiger partial charge >= 0.3 is 0 Å². The number of ether oxygens (including phenoxy) is 1. The highest BCUT2D eigenvalue weighted by Crippen LogP contribution is 2.18. The number of anilines is 1. The van der Waals surface area contributed by atoms with E-state index >= 15 is 0 Å². The largest absolute Gasteiger partial charge is 0.481 e. The van der Waals surface area contributed by atoms with Crippen molar-refractivity contribution in [3.8, 4) is 11.6 Å². The quantitative estimate of drug-likeness (QED) is 0.772. The first kappa shape index (κ1) is 16.0. The fraction of sp³-hybridized carbons (Fsp3) is 0.118. The topological polar surface area (TPSA) is 69.0 Å². The molecular formula is C17H15ClN4O2. The van der Waals surface area contributed by atoms with Crippen LogP contribution in [0, 0.1) is 0 Å². The van der Waals surface area contributed by atoms with E-state index in [4.69, 9.17) is 16.3 Å². The highest BCUT2D eigenvalue weighted by atomic mass is 35.5. The number of methoxy groups -OCH3 is 1. The zero-order valence-electron chi connectivity index (χ0n) is 12.9. The molecular weight excluding hydrogens is 328 g/mol. The number of pyridine rings is 1. The maximum Gasteiger partial charge on any atom is 0.292 e. The number of nitrogens with zero attached hydrogens (tertiary/aromatic N) is 3. The predicted octanol–water partition coefficient (Wildman–Crippen LogP) is 2.90. The summed E-state index contributed by atoms with van der Waals surface area (Å²) in [5, 5.41) is 7.38. The summed E-state index contributed by atoms with van der Waals surface area (Å²) in [5.74, 6) is 0.526. The number of hydrogen-bond acceptors (Lipinski definition) is 5. The third kappa shape index (κ3) is 3.38. The third-order valence-corrected chi connectivity index (χ3v) is 3.78. The summed E-state index contributed by atoms with van der Waals surface area (Å²) in [6.45, 7) is 0.467. The Bertz CT molecular complexity index is 897. The molecule has 24 heavy (non-hydrogen) atoms. The van der Waals surface area contributed by atoms with Crippen LogP contribution in [0.15, 0.2) is 59.7 Å². The van der Waals surface area contributed by atoms with E-state index in [9.17, 15) is 4.79 Å². The average Bonchev–Trinajstić information content (AvgIpc) is 2.64. The van der Waals surface area contributed by atoms with Gasteiger partial charge in [-0.15, -0.1) is 0 Å². The Hall–Kier alpha value is -2.86. The van der Waals surface area contributed by atoms with Gasteiger partial charge in [0.05, 0.1) is 24.7 Å². The van der Waals surface area contributed by atoms with Crippen molar-refractivity contribution in [2.75, 3.05) is 12.4 Å². The van der Waals surface area contributed by atoms with Crippen LogP contribution in [0.5, 0.6) is 5.88 Å². The number of benzene rings is 1. The molecule has 2 aromatic heterocycles. The van der Waals surface area contributed by atoms with E-state index in [-0.39, 0.29) is 10.6 Å². The van der Waals surface area contributed by atoms with E-state index in [0.29, 0.717) is 23.8 Å². The van der Waals surface area contributed by atoms with E-state index in [1.54, 1.807) is 31.5 Å². The van der Waals surface area contributed by atoms with Crippen LogP contribution in [-0.2, 0) is 6.54 Å². The fourth-order valence-corrected chi connectivity index (χ4v) is 2.37. The van der Waals surface area contributed by atoms with Gasteiger partial charge < -0.3 is 10.1 Å². The van der Waals surface area contributed by atoms with Gasteiger partial charge in [-0.05, 0) is 23.8 Å². The van der Waals surface area contributed by atoms with Crippen molar-refractivity contribution in [3.63, 3.8) is 0 Å². The summed E-state index contributed by atoms with van der Waals surface area (Å²) < 4.78 is 6.35. The zero-order valence-corrected chi connectivity index (χ0v) is 13.7. The molecule has 0 fully saturated rings. The Labute approximate surface area is 143 Å². The second-order valence-electron chi connectivity index (χ2n) is 4.98. The Morgan fingerprint density at radius 2 is 2.04 bits per heavy atom. The van der Waals surface area contributed by atoms with E-state index in [0.717, 1.165) is 5.56 Å². The predicted molar refractivity (Wildman–Crippen MR) is 93.0 cm³/mol. The molecule has 6 nitrogen and oxygen atoms in total. The molecule has 0 aliphatic rings. The SMILES string of the molecule is COc1cc(CNc2cnn(-c3ccccc3)c(=O)c2Cl)ccn1.